The van der Waals surface area contributed by atoms with Crippen LogP contribution in [0.5, 0.6) is 0 Å². The van der Waals surface area contributed by atoms with E-state index in [4.69, 9.17) is 0 Å². The van der Waals surface area contributed by atoms with Crippen molar-refractivity contribution in [3.05, 3.63) is 0 Å². The molecule has 0 radical (unpaired) electrons. The van der Waals surface area contributed by atoms with Crippen LogP contribution in [0.15, 0.2) is 0 Å². The van der Waals surface area contributed by atoms with Crippen molar-refractivity contribution in [2.45, 2.75) is 103 Å². The lowest BCUT2D eigenvalue weighted by molar-refractivity contribution is -0.203. The molecule has 0 aromatic carbocycles. The molecule has 4 saturated carbocycles. The molecule has 0 bridgehead atoms. The molecule has 0 spiro atoms. The summed E-state index contributed by atoms with van der Waals surface area (Å²) in [6.07, 6.45) is 8.78. The lowest BCUT2D eigenvalue weighted by atomic mass is 9.40. The van der Waals surface area contributed by atoms with Gasteiger partial charge < -0.3 is 15.3 Å². The van der Waals surface area contributed by atoms with E-state index in [0.29, 0.717) is 23.2 Å². The molecule has 0 aromatic rings. The van der Waals surface area contributed by atoms with E-state index >= 15 is 0 Å². The fraction of sp³-hybridized carbons (Fsp3) is 1.00. The molecule has 144 valence electrons. The zero-order valence-electron chi connectivity index (χ0n) is 16.6. The van der Waals surface area contributed by atoms with Crippen molar-refractivity contribution in [2.75, 3.05) is 0 Å². The average Bonchev–Trinajstić information content (AvgIpc) is 2.82. The third-order valence-electron chi connectivity index (χ3n) is 10.3. The summed E-state index contributed by atoms with van der Waals surface area (Å²) in [4.78, 5) is 0. The van der Waals surface area contributed by atoms with E-state index in [9.17, 15) is 15.3 Å². The largest absolute Gasteiger partial charge is 0.393 e. The van der Waals surface area contributed by atoms with Gasteiger partial charge in [0, 0.05) is 5.41 Å². The normalized spacial score (nSPS) is 59.6. The van der Waals surface area contributed by atoms with Crippen LogP contribution in [0.1, 0.15) is 85.5 Å². The first-order valence-electron chi connectivity index (χ1n) is 10.7. The first kappa shape index (κ1) is 18.3. The highest BCUT2D eigenvalue weighted by atomic mass is 16.3. The van der Waals surface area contributed by atoms with E-state index in [-0.39, 0.29) is 16.9 Å². The van der Waals surface area contributed by atoms with Gasteiger partial charge in [-0.05, 0) is 93.3 Å². The van der Waals surface area contributed by atoms with Gasteiger partial charge in [0.05, 0.1) is 17.8 Å². The molecular formula is C22H38O3. The molecular weight excluding hydrogens is 312 g/mol. The van der Waals surface area contributed by atoms with E-state index in [1.54, 1.807) is 6.92 Å². The van der Waals surface area contributed by atoms with Crippen LogP contribution < -0.4 is 0 Å². The van der Waals surface area contributed by atoms with E-state index in [1.165, 1.54) is 19.3 Å². The van der Waals surface area contributed by atoms with Gasteiger partial charge in [-0.3, -0.25) is 0 Å². The summed E-state index contributed by atoms with van der Waals surface area (Å²) < 4.78 is 0. The van der Waals surface area contributed by atoms with Crippen LogP contribution >= 0.6 is 0 Å². The number of rotatable bonds is 1. The summed E-state index contributed by atoms with van der Waals surface area (Å²) in [6, 6.07) is 0. The summed E-state index contributed by atoms with van der Waals surface area (Å²) in [5.41, 5.74) is -0.464. The third kappa shape index (κ3) is 2.15. The maximum absolute atomic E-state index is 11.3. The minimum atomic E-state index is -0.910. The van der Waals surface area contributed by atoms with E-state index < -0.39 is 11.7 Å². The van der Waals surface area contributed by atoms with E-state index in [1.807, 2.05) is 0 Å². The second-order valence-corrected chi connectivity index (χ2v) is 10.9. The van der Waals surface area contributed by atoms with Crippen LogP contribution in [0, 0.1) is 34.0 Å². The van der Waals surface area contributed by atoms with Gasteiger partial charge in [-0.1, -0.05) is 20.8 Å². The van der Waals surface area contributed by atoms with Crippen LogP contribution in [-0.2, 0) is 0 Å². The van der Waals surface area contributed by atoms with Gasteiger partial charge in [-0.25, -0.2) is 0 Å². The summed E-state index contributed by atoms with van der Waals surface area (Å²) in [5, 5.41) is 31.9. The minimum absolute atomic E-state index is 0.115. The Labute approximate surface area is 153 Å². The van der Waals surface area contributed by atoms with Crippen LogP contribution in [0.4, 0.5) is 0 Å². The lowest BCUT2D eigenvalue weighted by Gasteiger charge is -2.65. The maximum atomic E-state index is 11.3. The highest BCUT2D eigenvalue weighted by molar-refractivity contribution is 5.16. The molecule has 0 aromatic heterocycles. The third-order valence-corrected chi connectivity index (χ3v) is 10.3. The second-order valence-electron chi connectivity index (χ2n) is 10.9. The molecule has 0 unspecified atom stereocenters. The van der Waals surface area contributed by atoms with Gasteiger partial charge >= 0.3 is 0 Å². The zero-order valence-corrected chi connectivity index (χ0v) is 16.6. The highest BCUT2D eigenvalue weighted by Gasteiger charge is 2.67. The first-order valence-corrected chi connectivity index (χ1v) is 10.7. The smallest absolute Gasteiger partial charge is 0.0958 e. The highest BCUT2D eigenvalue weighted by Crippen LogP contribution is 2.71. The van der Waals surface area contributed by atoms with Gasteiger partial charge in [-0.15, -0.1) is 0 Å². The molecule has 3 N–H and O–H groups in total. The molecule has 0 heterocycles. The molecule has 3 heteroatoms. The van der Waals surface area contributed by atoms with Crippen LogP contribution in [0.25, 0.3) is 0 Å². The van der Waals surface area contributed by atoms with Crippen molar-refractivity contribution in [3.63, 3.8) is 0 Å². The van der Waals surface area contributed by atoms with Gasteiger partial charge in [0.25, 0.3) is 0 Å². The Hall–Kier alpha value is -0.120. The molecule has 4 rings (SSSR count). The fourth-order valence-corrected chi connectivity index (χ4v) is 8.35. The standard InChI is InChI=1S/C22H38O3/c1-14(23)22(25)12-8-18-16-6-9-19(2)13-15(24)5-10-20(19,3)17(16)7-11-21(18,22)4/h14-18,23-25H,5-13H2,1-4H3/t14-,15-,16-,17+,18+,19-,20-,21+,22+/m1/s1. The van der Waals surface area contributed by atoms with Crippen molar-refractivity contribution >= 4 is 0 Å². The number of hydrogen-bond acceptors (Lipinski definition) is 3. The number of aliphatic hydroxyl groups excluding tert-OH is 2. The molecule has 9 atom stereocenters. The number of hydrogen-bond donors (Lipinski definition) is 3. The molecule has 25 heavy (non-hydrogen) atoms. The molecule has 0 aliphatic heterocycles. The average molecular weight is 351 g/mol. The number of fused-ring (bicyclic) bond motifs is 5. The summed E-state index contributed by atoms with van der Waals surface area (Å²) in [5.74, 6) is 1.94. The summed E-state index contributed by atoms with van der Waals surface area (Å²) in [7, 11) is 0. The molecule has 4 aliphatic carbocycles. The second kappa shape index (κ2) is 5.45. The first-order chi connectivity index (χ1) is 11.6. The van der Waals surface area contributed by atoms with Crippen molar-refractivity contribution in [3.8, 4) is 0 Å². The Balaban J connectivity index is 1.67. The predicted molar refractivity (Wildman–Crippen MR) is 99.0 cm³/mol. The Morgan fingerprint density at radius 3 is 2.12 bits per heavy atom. The molecule has 0 amide bonds. The van der Waals surface area contributed by atoms with Crippen molar-refractivity contribution in [1.82, 2.24) is 0 Å². The van der Waals surface area contributed by atoms with Crippen molar-refractivity contribution < 1.29 is 15.3 Å². The Bertz CT molecular complexity index is 547. The number of aliphatic hydroxyl groups is 3. The van der Waals surface area contributed by atoms with Crippen molar-refractivity contribution in [1.29, 1.82) is 0 Å². The minimum Gasteiger partial charge on any atom is -0.393 e. The van der Waals surface area contributed by atoms with Gasteiger partial charge in [-0.2, -0.15) is 0 Å². The van der Waals surface area contributed by atoms with Gasteiger partial charge in [0.15, 0.2) is 0 Å². The Morgan fingerprint density at radius 2 is 1.44 bits per heavy atom. The van der Waals surface area contributed by atoms with Crippen LogP contribution in [0.2, 0.25) is 0 Å². The topological polar surface area (TPSA) is 60.7 Å². The Kier molecular flexibility index (Phi) is 3.98. The molecule has 4 fully saturated rings. The monoisotopic (exact) mass is 350 g/mol. The maximum Gasteiger partial charge on any atom is 0.0958 e. The molecule has 0 saturated heterocycles. The van der Waals surface area contributed by atoms with E-state index in [0.717, 1.165) is 38.5 Å². The SMILES string of the molecule is C[C@@H](O)[C@@]1(O)CC[C@H]2[C@@H]3CC[C@]4(C)C[C@H](O)CC[C@]4(C)[C@H]3CC[C@@]21C. The van der Waals surface area contributed by atoms with Crippen molar-refractivity contribution in [2.24, 2.45) is 34.0 Å². The fourth-order valence-electron chi connectivity index (χ4n) is 8.35. The van der Waals surface area contributed by atoms with Crippen LogP contribution in [-0.4, -0.2) is 33.1 Å². The van der Waals surface area contributed by atoms with Gasteiger partial charge in [0.2, 0.25) is 0 Å². The van der Waals surface area contributed by atoms with Crippen LogP contribution in [0.3, 0.4) is 0 Å². The Morgan fingerprint density at radius 1 is 0.840 bits per heavy atom. The summed E-state index contributed by atoms with van der Waals surface area (Å²) >= 11 is 0. The zero-order chi connectivity index (χ0) is 18.3. The molecule has 3 nitrogen and oxygen atoms in total. The predicted octanol–water partition coefficient (Wildman–Crippen LogP) is 3.89. The quantitative estimate of drug-likeness (QED) is 0.672. The van der Waals surface area contributed by atoms with E-state index in [2.05, 4.69) is 20.8 Å². The summed E-state index contributed by atoms with van der Waals surface area (Å²) in [6.45, 7) is 8.98. The van der Waals surface area contributed by atoms with Gasteiger partial charge in [0.1, 0.15) is 0 Å². The molecule has 4 aliphatic rings. The lowest BCUT2D eigenvalue weighted by Crippen LogP contribution is -2.61.